The van der Waals surface area contributed by atoms with Crippen LogP contribution in [0.15, 0.2) is 0 Å². The van der Waals surface area contributed by atoms with E-state index >= 15 is 0 Å². The molecule has 0 aromatic carbocycles. The minimum absolute atomic E-state index is 0.0206. The lowest BCUT2D eigenvalue weighted by Crippen LogP contribution is -2.38. The van der Waals surface area contributed by atoms with Gasteiger partial charge in [0, 0.05) is 19.0 Å². The Morgan fingerprint density at radius 1 is 1.25 bits per heavy atom. The Morgan fingerprint density at radius 2 is 1.81 bits per heavy atom. The van der Waals surface area contributed by atoms with Crippen molar-refractivity contribution in [1.82, 2.24) is 4.90 Å². The van der Waals surface area contributed by atoms with Crippen molar-refractivity contribution in [2.24, 2.45) is 11.8 Å². The monoisotopic (exact) mass is 229 g/mol. The third-order valence-corrected chi connectivity index (χ3v) is 3.18. The molecule has 0 aromatic heterocycles. The summed E-state index contributed by atoms with van der Waals surface area (Å²) < 4.78 is 0. The molecule has 0 radical (unpaired) electrons. The number of aliphatic carboxylic acids is 1. The van der Waals surface area contributed by atoms with Crippen LogP contribution in [0.25, 0.3) is 0 Å². The molecule has 0 bridgehead atoms. The van der Waals surface area contributed by atoms with Gasteiger partial charge in [-0.25, -0.2) is 0 Å². The molecule has 4 nitrogen and oxygen atoms in total. The smallest absolute Gasteiger partial charge is 0.305 e. The lowest BCUT2D eigenvalue weighted by atomic mass is 9.92. The topological polar surface area (TPSA) is 57.6 Å². The van der Waals surface area contributed by atoms with Crippen LogP contribution >= 0.6 is 0 Å². The van der Waals surface area contributed by atoms with Crippen molar-refractivity contribution in [2.45, 2.75) is 40.5 Å². The highest BCUT2D eigenvalue weighted by Crippen LogP contribution is 2.17. The van der Waals surface area contributed by atoms with E-state index in [2.05, 4.69) is 6.92 Å². The van der Waals surface area contributed by atoms with Gasteiger partial charge in [-0.2, -0.15) is 0 Å². The van der Waals surface area contributed by atoms with Crippen LogP contribution in [0.1, 0.15) is 40.5 Å². The van der Waals surface area contributed by atoms with Crippen LogP contribution in [0.2, 0.25) is 0 Å². The molecule has 0 heterocycles. The van der Waals surface area contributed by atoms with E-state index in [0.29, 0.717) is 19.0 Å². The van der Waals surface area contributed by atoms with E-state index in [9.17, 15) is 9.59 Å². The van der Waals surface area contributed by atoms with E-state index in [0.717, 1.165) is 6.42 Å². The van der Waals surface area contributed by atoms with Gasteiger partial charge >= 0.3 is 5.97 Å². The first kappa shape index (κ1) is 14.9. The SMILES string of the molecule is CCC(C)C(C)C(=O)N(CC)CCC(=O)O. The standard InChI is InChI=1S/C12H23NO3/c1-5-9(3)10(4)12(16)13(6-2)8-7-11(14)15/h9-10H,5-8H2,1-4H3,(H,14,15). The van der Waals surface area contributed by atoms with Crippen molar-refractivity contribution in [3.63, 3.8) is 0 Å². The van der Waals surface area contributed by atoms with Crippen molar-refractivity contribution in [3.8, 4) is 0 Å². The van der Waals surface area contributed by atoms with E-state index in [1.807, 2.05) is 20.8 Å². The first-order valence-corrected chi connectivity index (χ1v) is 5.94. The highest BCUT2D eigenvalue weighted by Gasteiger charge is 2.23. The van der Waals surface area contributed by atoms with Crippen molar-refractivity contribution >= 4 is 11.9 Å². The summed E-state index contributed by atoms with van der Waals surface area (Å²) in [6, 6.07) is 0. The Hall–Kier alpha value is -1.06. The quantitative estimate of drug-likeness (QED) is 0.726. The fourth-order valence-corrected chi connectivity index (χ4v) is 1.54. The van der Waals surface area contributed by atoms with Crippen LogP contribution < -0.4 is 0 Å². The number of hydrogen-bond acceptors (Lipinski definition) is 2. The zero-order valence-electron chi connectivity index (χ0n) is 10.7. The predicted molar refractivity (Wildman–Crippen MR) is 63.1 cm³/mol. The second kappa shape index (κ2) is 7.25. The van der Waals surface area contributed by atoms with Gasteiger partial charge in [0.15, 0.2) is 0 Å². The molecule has 94 valence electrons. The highest BCUT2D eigenvalue weighted by molar-refractivity contribution is 5.79. The summed E-state index contributed by atoms with van der Waals surface area (Å²) >= 11 is 0. The predicted octanol–water partition coefficient (Wildman–Crippen LogP) is 1.99. The lowest BCUT2D eigenvalue weighted by molar-refractivity contribution is -0.140. The second-order valence-electron chi connectivity index (χ2n) is 4.24. The highest BCUT2D eigenvalue weighted by atomic mass is 16.4. The Bertz CT molecular complexity index is 240. The van der Waals surface area contributed by atoms with Crippen molar-refractivity contribution in [1.29, 1.82) is 0 Å². The van der Waals surface area contributed by atoms with Crippen LogP contribution in [-0.2, 0) is 9.59 Å². The van der Waals surface area contributed by atoms with Crippen LogP contribution in [0, 0.1) is 11.8 Å². The average Bonchev–Trinajstić information content (AvgIpc) is 2.27. The molecule has 2 unspecified atom stereocenters. The molecule has 16 heavy (non-hydrogen) atoms. The normalized spacial score (nSPS) is 14.2. The summed E-state index contributed by atoms with van der Waals surface area (Å²) in [4.78, 5) is 24.1. The Balaban J connectivity index is 4.34. The van der Waals surface area contributed by atoms with Crippen molar-refractivity contribution < 1.29 is 14.7 Å². The molecule has 4 heteroatoms. The van der Waals surface area contributed by atoms with Crippen LogP contribution in [-0.4, -0.2) is 35.0 Å². The summed E-state index contributed by atoms with van der Waals surface area (Å²) in [5, 5.41) is 8.60. The molecule has 2 atom stereocenters. The number of carboxylic acid groups (broad SMARTS) is 1. The van der Waals surface area contributed by atoms with Gasteiger partial charge in [-0.1, -0.05) is 27.2 Å². The van der Waals surface area contributed by atoms with Gasteiger partial charge in [-0.05, 0) is 12.8 Å². The van der Waals surface area contributed by atoms with Crippen molar-refractivity contribution in [3.05, 3.63) is 0 Å². The fraction of sp³-hybridized carbons (Fsp3) is 0.833. The van der Waals surface area contributed by atoms with Crippen LogP contribution in [0.3, 0.4) is 0 Å². The minimum Gasteiger partial charge on any atom is -0.481 e. The average molecular weight is 229 g/mol. The number of carbonyl (C=O) groups is 2. The summed E-state index contributed by atoms with van der Waals surface area (Å²) in [6.07, 6.45) is 0.982. The van der Waals surface area contributed by atoms with E-state index in [-0.39, 0.29) is 18.2 Å². The third-order valence-electron chi connectivity index (χ3n) is 3.18. The number of carboxylic acids is 1. The summed E-state index contributed by atoms with van der Waals surface area (Å²) in [5.41, 5.74) is 0. The van der Waals surface area contributed by atoms with Gasteiger partial charge in [-0.15, -0.1) is 0 Å². The maximum atomic E-state index is 12.0. The molecule has 0 aromatic rings. The molecule has 0 rings (SSSR count). The van der Waals surface area contributed by atoms with Gasteiger partial charge in [0.1, 0.15) is 0 Å². The third kappa shape index (κ3) is 4.64. The molecule has 0 saturated carbocycles. The van der Waals surface area contributed by atoms with E-state index in [1.54, 1.807) is 4.90 Å². The minimum atomic E-state index is -0.859. The zero-order chi connectivity index (χ0) is 12.7. The zero-order valence-corrected chi connectivity index (χ0v) is 10.7. The Morgan fingerprint density at radius 3 is 2.19 bits per heavy atom. The Kier molecular flexibility index (Phi) is 6.77. The lowest BCUT2D eigenvalue weighted by Gasteiger charge is -2.26. The van der Waals surface area contributed by atoms with Crippen LogP contribution in [0.4, 0.5) is 0 Å². The molecular formula is C12H23NO3. The summed E-state index contributed by atoms with van der Waals surface area (Å²) in [6.45, 7) is 8.79. The number of amides is 1. The molecule has 0 spiro atoms. The maximum Gasteiger partial charge on any atom is 0.305 e. The first-order valence-electron chi connectivity index (χ1n) is 5.94. The number of carbonyl (C=O) groups excluding carboxylic acids is 1. The molecule has 1 N–H and O–H groups in total. The van der Waals surface area contributed by atoms with E-state index in [4.69, 9.17) is 5.11 Å². The number of rotatable bonds is 7. The fourth-order valence-electron chi connectivity index (χ4n) is 1.54. The molecule has 1 amide bonds. The molecular weight excluding hydrogens is 206 g/mol. The number of nitrogens with zero attached hydrogens (tertiary/aromatic N) is 1. The second-order valence-corrected chi connectivity index (χ2v) is 4.24. The van der Waals surface area contributed by atoms with Gasteiger partial charge in [-0.3, -0.25) is 9.59 Å². The maximum absolute atomic E-state index is 12.0. The summed E-state index contributed by atoms with van der Waals surface area (Å²) in [5.74, 6) is -0.481. The molecule has 0 fully saturated rings. The van der Waals surface area contributed by atoms with Crippen molar-refractivity contribution in [2.75, 3.05) is 13.1 Å². The van der Waals surface area contributed by atoms with E-state index in [1.165, 1.54) is 0 Å². The number of hydrogen-bond donors (Lipinski definition) is 1. The first-order chi connectivity index (χ1) is 7.43. The van der Waals surface area contributed by atoms with Crippen LogP contribution in [0.5, 0.6) is 0 Å². The molecule has 0 aliphatic heterocycles. The van der Waals surface area contributed by atoms with Gasteiger partial charge in [0.2, 0.25) is 5.91 Å². The van der Waals surface area contributed by atoms with Gasteiger partial charge < -0.3 is 10.0 Å². The molecule has 0 aliphatic rings. The van der Waals surface area contributed by atoms with Gasteiger partial charge in [0.25, 0.3) is 0 Å². The van der Waals surface area contributed by atoms with E-state index < -0.39 is 5.97 Å². The Labute approximate surface area is 97.6 Å². The largest absolute Gasteiger partial charge is 0.481 e. The molecule has 0 aliphatic carbocycles. The van der Waals surface area contributed by atoms with Gasteiger partial charge in [0.05, 0.1) is 6.42 Å². The molecule has 0 saturated heterocycles. The summed E-state index contributed by atoms with van der Waals surface area (Å²) in [7, 11) is 0.